The van der Waals surface area contributed by atoms with E-state index in [0.717, 1.165) is 52.1 Å². The van der Waals surface area contributed by atoms with Crippen molar-refractivity contribution < 1.29 is 32.7 Å². The molecule has 2 amide bonds. The van der Waals surface area contributed by atoms with E-state index in [1.165, 1.54) is 17.9 Å². The minimum absolute atomic E-state index is 0.151. The molecule has 4 aromatic rings. The number of carbonyl (C=O) groups is 3. The molecule has 2 N–H and O–H groups in total. The molecule has 15 heteroatoms. The molecule has 3 saturated heterocycles. The molecule has 7 aliphatic rings. The van der Waals surface area contributed by atoms with E-state index in [-0.39, 0.29) is 53.7 Å². The lowest BCUT2D eigenvalue weighted by Crippen LogP contribution is -2.68. The second-order valence-electron chi connectivity index (χ2n) is 21.5. The summed E-state index contributed by atoms with van der Waals surface area (Å²) >= 11 is 0. The maximum Gasteiger partial charge on any atom is 0.324 e. The standard InChI is InChI=1S/C50H63FN8O6/c1-27-28(2)40(27)45(60)54-42-44(57-24-50(25-57)18-31(51)19-50)46-53-38(23-64-46)30-11-14-39-35(17-30)36(20-49(4,5)26-65-48(62)37-10-8-16-58(55-37)47(42)61)43(34-9-7-15-52-41(34)29(3)63-6)59(39)33-21-56(22-33)32-12-13-32/h7,9,11,14-15,17,23,27-29,31-33,37,40,42,44,55H,8,10,12-13,16,18-22,24-26H2,1-6H3,(H,54,60)/t27-,28+,29-,37-,40?,42-,44-/m0/s1. The Morgan fingerprint density at radius 1 is 1.05 bits per heavy atom. The highest BCUT2D eigenvalue weighted by molar-refractivity contribution is 5.95. The monoisotopic (exact) mass is 890 g/mol. The molecule has 6 fully saturated rings. The van der Waals surface area contributed by atoms with Gasteiger partial charge in [-0.25, -0.2) is 14.8 Å². The van der Waals surface area contributed by atoms with Gasteiger partial charge in [-0.15, -0.1) is 0 Å². The number of aromatic nitrogens is 3. The fourth-order valence-electron chi connectivity index (χ4n) is 11.9. The lowest BCUT2D eigenvalue weighted by Gasteiger charge is -2.59. The summed E-state index contributed by atoms with van der Waals surface area (Å²) in [5.41, 5.74) is 9.18. The van der Waals surface area contributed by atoms with Crippen molar-refractivity contribution in [2.45, 2.75) is 122 Å². The van der Waals surface area contributed by atoms with E-state index < -0.39 is 35.7 Å². The number of oxazole rings is 1. The fourth-order valence-corrected chi connectivity index (χ4v) is 11.9. The summed E-state index contributed by atoms with van der Waals surface area (Å²) in [6.07, 6.45) is 7.46. The predicted molar refractivity (Wildman–Crippen MR) is 241 cm³/mol. The lowest BCUT2D eigenvalue weighted by molar-refractivity contribution is -0.160. The van der Waals surface area contributed by atoms with Gasteiger partial charge < -0.3 is 23.8 Å². The Hall–Kier alpha value is -4.70. The number of pyridine rings is 1. The van der Waals surface area contributed by atoms with Crippen LogP contribution in [0.25, 0.3) is 33.4 Å². The van der Waals surface area contributed by atoms with Crippen LogP contribution in [0.4, 0.5) is 4.39 Å². The van der Waals surface area contributed by atoms with Gasteiger partial charge in [-0.2, -0.15) is 0 Å². The van der Waals surface area contributed by atoms with Crippen LogP contribution in [0.3, 0.4) is 0 Å². The molecule has 7 heterocycles. The highest BCUT2D eigenvalue weighted by Crippen LogP contribution is 2.53. The van der Waals surface area contributed by atoms with Gasteiger partial charge in [0.15, 0.2) is 0 Å². The van der Waals surface area contributed by atoms with Gasteiger partial charge in [0.2, 0.25) is 11.8 Å². The molecule has 346 valence electrons. The van der Waals surface area contributed by atoms with Gasteiger partial charge in [-0.3, -0.25) is 34.2 Å². The highest BCUT2D eigenvalue weighted by atomic mass is 19.1. The molecule has 3 aromatic heterocycles. The van der Waals surface area contributed by atoms with E-state index in [0.29, 0.717) is 69.4 Å². The Bertz CT molecular complexity index is 2510. The number of esters is 1. The van der Waals surface area contributed by atoms with Crippen LogP contribution in [-0.2, 0) is 30.3 Å². The molecule has 1 aromatic carbocycles. The number of nitrogens with one attached hydrogen (secondary N) is 2. The number of nitrogens with zero attached hydrogens (tertiary/aromatic N) is 6. The molecule has 65 heavy (non-hydrogen) atoms. The van der Waals surface area contributed by atoms with Crippen molar-refractivity contribution in [3.8, 4) is 22.5 Å². The number of benzene rings is 1. The van der Waals surface area contributed by atoms with Crippen molar-refractivity contribution in [1.29, 1.82) is 0 Å². The molecule has 11 rings (SSSR count). The third-order valence-corrected chi connectivity index (χ3v) is 16.1. The Morgan fingerprint density at radius 2 is 1.82 bits per heavy atom. The number of rotatable bonds is 8. The number of alkyl halides is 1. The van der Waals surface area contributed by atoms with E-state index in [1.54, 1.807) is 13.4 Å². The molecule has 3 aliphatic carbocycles. The number of hydrazine groups is 1. The minimum Gasteiger partial charge on any atom is -0.464 e. The van der Waals surface area contributed by atoms with Crippen LogP contribution in [-0.4, -0.2) is 118 Å². The maximum atomic E-state index is 15.0. The largest absolute Gasteiger partial charge is 0.464 e. The van der Waals surface area contributed by atoms with Gasteiger partial charge in [-0.1, -0.05) is 33.8 Å². The van der Waals surface area contributed by atoms with Crippen LogP contribution >= 0.6 is 0 Å². The zero-order chi connectivity index (χ0) is 45.1. The van der Waals surface area contributed by atoms with Gasteiger partial charge in [0, 0.05) is 90.8 Å². The summed E-state index contributed by atoms with van der Waals surface area (Å²) < 4.78 is 35.5. The zero-order valence-corrected chi connectivity index (χ0v) is 38.5. The number of carbonyl (C=O) groups excluding carboxylic acids is 3. The molecule has 4 aliphatic heterocycles. The fraction of sp³-hybridized carbons (Fsp3) is 0.620. The number of ether oxygens (including phenoxy) is 2. The Morgan fingerprint density at radius 3 is 2.52 bits per heavy atom. The number of methoxy groups -OCH3 is 1. The van der Waals surface area contributed by atoms with Crippen LogP contribution in [0.1, 0.15) is 108 Å². The van der Waals surface area contributed by atoms with Crippen molar-refractivity contribution in [1.82, 2.24) is 40.1 Å². The van der Waals surface area contributed by atoms with Gasteiger partial charge >= 0.3 is 5.97 Å². The molecule has 0 radical (unpaired) electrons. The molecular weight excluding hydrogens is 828 g/mol. The second kappa shape index (κ2) is 16.0. The summed E-state index contributed by atoms with van der Waals surface area (Å²) in [6, 6.07) is 8.88. The third kappa shape index (κ3) is 7.58. The van der Waals surface area contributed by atoms with E-state index >= 15 is 4.79 Å². The average molecular weight is 891 g/mol. The number of hydrogen-bond donors (Lipinski definition) is 2. The Kier molecular flexibility index (Phi) is 10.5. The Labute approximate surface area is 379 Å². The number of hydrogen-bond acceptors (Lipinski definition) is 11. The first-order valence-electron chi connectivity index (χ1n) is 24.0. The summed E-state index contributed by atoms with van der Waals surface area (Å²) in [5.74, 6) is -0.559. The number of fused-ring (bicyclic) bond motifs is 6. The molecule has 3 saturated carbocycles. The number of amides is 2. The summed E-state index contributed by atoms with van der Waals surface area (Å²) in [5, 5.41) is 5.73. The van der Waals surface area contributed by atoms with Gasteiger partial charge in [-0.05, 0) is 93.5 Å². The summed E-state index contributed by atoms with van der Waals surface area (Å²) in [4.78, 5) is 58.0. The van der Waals surface area contributed by atoms with Crippen LogP contribution in [0, 0.1) is 28.6 Å². The number of likely N-dealkylation sites (tertiary alicyclic amines) is 2. The maximum absolute atomic E-state index is 15.0. The molecule has 1 unspecified atom stereocenters. The molecule has 14 nitrogen and oxygen atoms in total. The third-order valence-electron chi connectivity index (χ3n) is 16.1. The molecule has 7 atom stereocenters. The first-order valence-corrected chi connectivity index (χ1v) is 24.0. The van der Waals surface area contributed by atoms with Crippen LogP contribution in [0.15, 0.2) is 47.2 Å². The smallest absolute Gasteiger partial charge is 0.324 e. The van der Waals surface area contributed by atoms with Crippen molar-refractivity contribution in [2.24, 2.45) is 28.6 Å². The van der Waals surface area contributed by atoms with Crippen molar-refractivity contribution in [3.05, 3.63) is 59.9 Å². The lowest BCUT2D eigenvalue weighted by atomic mass is 9.62. The predicted octanol–water partition coefficient (Wildman–Crippen LogP) is 6.57. The quantitative estimate of drug-likeness (QED) is 0.185. The van der Waals surface area contributed by atoms with E-state index in [2.05, 4.69) is 77.1 Å². The van der Waals surface area contributed by atoms with E-state index in [1.807, 2.05) is 19.2 Å². The van der Waals surface area contributed by atoms with Crippen LogP contribution < -0.4 is 10.7 Å². The highest BCUT2D eigenvalue weighted by Gasteiger charge is 2.58. The van der Waals surface area contributed by atoms with Gasteiger partial charge in [0.05, 0.1) is 30.1 Å². The average Bonchev–Trinajstić information content (AvgIpc) is 4.10. The first kappa shape index (κ1) is 42.9. The topological polar surface area (TPSA) is 147 Å². The van der Waals surface area contributed by atoms with E-state index in [9.17, 15) is 14.0 Å². The normalized spacial score (nSPS) is 30.0. The zero-order valence-electron chi connectivity index (χ0n) is 38.5. The van der Waals surface area contributed by atoms with Crippen molar-refractivity contribution in [2.75, 3.05) is 46.4 Å². The van der Waals surface area contributed by atoms with Gasteiger partial charge in [0.25, 0.3) is 5.91 Å². The summed E-state index contributed by atoms with van der Waals surface area (Å²) in [6.45, 7) is 13.9. The number of cyclic esters (lactones) is 1. The second-order valence-corrected chi connectivity index (χ2v) is 21.5. The van der Waals surface area contributed by atoms with Crippen molar-refractivity contribution in [3.63, 3.8) is 0 Å². The minimum atomic E-state index is -1.10. The van der Waals surface area contributed by atoms with Crippen LogP contribution in [0.5, 0.6) is 0 Å². The molecule has 6 bridgehead atoms. The Balaban J connectivity index is 1.07. The van der Waals surface area contributed by atoms with E-state index in [4.69, 9.17) is 23.9 Å². The SMILES string of the molecule is CO[C@@H](C)c1ncccc1-c1c2c3cc(ccc3n1C1CN(C3CC3)C1)-c1coc(n1)[C@@H](N1CC3(CC(F)C3)C1)[C@H](NC(=O)C1[C@@H](C)[C@H]1C)C(=O)N1CCC[C@H](N1)C(=O)OCC(C)(C)C2. The van der Waals surface area contributed by atoms with Gasteiger partial charge in [0.1, 0.15) is 36.3 Å². The molecular formula is C50H63FN8O6. The first-order chi connectivity index (χ1) is 31.2. The number of halogens is 1. The van der Waals surface area contributed by atoms with Crippen molar-refractivity contribution >= 4 is 28.7 Å². The van der Waals surface area contributed by atoms with Crippen LogP contribution in [0.2, 0.25) is 0 Å². The summed E-state index contributed by atoms with van der Waals surface area (Å²) in [7, 11) is 1.71. The molecule has 1 spiro atoms.